The van der Waals surface area contributed by atoms with E-state index in [1.54, 1.807) is 0 Å². The monoisotopic (exact) mass is 571 g/mol. The lowest BCUT2D eigenvalue weighted by atomic mass is 10.2. The van der Waals surface area contributed by atoms with E-state index >= 15 is 0 Å². The molecule has 32 heavy (non-hydrogen) atoms. The van der Waals surface area contributed by atoms with Crippen LogP contribution in [0.3, 0.4) is 0 Å². The summed E-state index contributed by atoms with van der Waals surface area (Å²) in [6.07, 6.45) is 0. The first kappa shape index (κ1) is 22.7. The Balaban J connectivity index is 1.44. The van der Waals surface area contributed by atoms with E-state index in [1.807, 2.05) is 91.0 Å². The molecular formula is C26H20Br2ClNO2. The quantitative estimate of drug-likeness (QED) is 0.228. The van der Waals surface area contributed by atoms with Crippen LogP contribution in [0.25, 0.3) is 0 Å². The van der Waals surface area contributed by atoms with E-state index in [9.17, 15) is 0 Å². The van der Waals surface area contributed by atoms with Crippen LogP contribution in [-0.2, 0) is 13.2 Å². The molecule has 0 heterocycles. The van der Waals surface area contributed by atoms with Gasteiger partial charge in [-0.3, -0.25) is 0 Å². The summed E-state index contributed by atoms with van der Waals surface area (Å²) in [5.41, 5.74) is 2.94. The molecule has 0 bridgehead atoms. The van der Waals surface area contributed by atoms with E-state index in [0.29, 0.717) is 18.2 Å². The molecule has 0 radical (unpaired) electrons. The number of para-hydroxylation sites is 1. The van der Waals surface area contributed by atoms with Gasteiger partial charge in [-0.25, -0.2) is 0 Å². The van der Waals surface area contributed by atoms with Crippen LogP contribution in [0.1, 0.15) is 11.1 Å². The van der Waals surface area contributed by atoms with Crippen LogP contribution < -0.4 is 14.8 Å². The minimum atomic E-state index is 0.387. The van der Waals surface area contributed by atoms with Crippen molar-refractivity contribution in [3.05, 3.63) is 116 Å². The van der Waals surface area contributed by atoms with E-state index in [1.165, 1.54) is 0 Å². The van der Waals surface area contributed by atoms with Crippen LogP contribution in [0.15, 0.2) is 99.9 Å². The normalized spacial score (nSPS) is 10.6. The smallest absolute Gasteiger partial charge is 0.139 e. The predicted octanol–water partition coefficient (Wildman–Crippen LogP) is 8.85. The van der Waals surface area contributed by atoms with Gasteiger partial charge in [0.1, 0.15) is 23.9 Å². The molecule has 4 aromatic carbocycles. The van der Waals surface area contributed by atoms with Gasteiger partial charge in [0, 0.05) is 32.9 Å². The zero-order chi connectivity index (χ0) is 22.3. The van der Waals surface area contributed by atoms with Crippen molar-refractivity contribution in [2.75, 3.05) is 5.32 Å². The van der Waals surface area contributed by atoms with Crippen molar-refractivity contribution in [1.82, 2.24) is 0 Å². The SMILES string of the molecule is Clc1ccccc1COc1c(Br)cc(Br)cc1CNc1ccc(Oc2ccccc2)cc1. The molecule has 162 valence electrons. The number of rotatable bonds is 8. The maximum atomic E-state index is 6.28. The van der Waals surface area contributed by atoms with Crippen molar-refractivity contribution in [1.29, 1.82) is 0 Å². The van der Waals surface area contributed by atoms with Crippen LogP contribution in [0, 0.1) is 0 Å². The Bertz CT molecular complexity index is 1180. The third-order valence-corrected chi connectivity index (χ3v) is 6.15. The largest absolute Gasteiger partial charge is 0.487 e. The van der Waals surface area contributed by atoms with E-state index in [4.69, 9.17) is 21.1 Å². The summed E-state index contributed by atoms with van der Waals surface area (Å²) < 4.78 is 13.9. The van der Waals surface area contributed by atoms with Crippen LogP contribution in [0.2, 0.25) is 5.02 Å². The second kappa shape index (κ2) is 10.9. The lowest BCUT2D eigenvalue weighted by Crippen LogP contribution is -2.05. The maximum absolute atomic E-state index is 6.28. The molecule has 0 amide bonds. The Morgan fingerprint density at radius 1 is 0.750 bits per heavy atom. The molecule has 0 aromatic heterocycles. The van der Waals surface area contributed by atoms with Gasteiger partial charge in [0.05, 0.1) is 4.47 Å². The number of anilines is 1. The fourth-order valence-corrected chi connectivity index (χ4v) is 4.75. The van der Waals surface area contributed by atoms with Gasteiger partial charge >= 0.3 is 0 Å². The Labute approximate surface area is 209 Å². The lowest BCUT2D eigenvalue weighted by molar-refractivity contribution is 0.301. The number of hydrogen-bond donors (Lipinski definition) is 1. The fourth-order valence-electron chi connectivity index (χ4n) is 3.13. The van der Waals surface area contributed by atoms with Crippen molar-refractivity contribution in [3.8, 4) is 17.2 Å². The summed E-state index contributed by atoms with van der Waals surface area (Å²) in [4.78, 5) is 0. The van der Waals surface area contributed by atoms with Crippen molar-refractivity contribution in [2.24, 2.45) is 0 Å². The van der Waals surface area contributed by atoms with Crippen molar-refractivity contribution < 1.29 is 9.47 Å². The van der Waals surface area contributed by atoms with Gasteiger partial charge in [-0.15, -0.1) is 0 Å². The third-order valence-electron chi connectivity index (χ3n) is 4.73. The van der Waals surface area contributed by atoms with E-state index in [2.05, 4.69) is 37.2 Å². The van der Waals surface area contributed by atoms with Crippen molar-refractivity contribution in [2.45, 2.75) is 13.2 Å². The Hall–Kier alpha value is -2.47. The Morgan fingerprint density at radius 2 is 1.44 bits per heavy atom. The molecule has 0 spiro atoms. The van der Waals surface area contributed by atoms with Gasteiger partial charge < -0.3 is 14.8 Å². The molecule has 0 saturated carbocycles. The molecule has 0 aliphatic rings. The molecule has 0 unspecified atom stereocenters. The van der Waals surface area contributed by atoms with Crippen LogP contribution in [0.5, 0.6) is 17.2 Å². The predicted molar refractivity (Wildman–Crippen MR) is 138 cm³/mol. The van der Waals surface area contributed by atoms with Gasteiger partial charge in [0.25, 0.3) is 0 Å². The summed E-state index contributed by atoms with van der Waals surface area (Å²) in [7, 11) is 0. The number of nitrogens with one attached hydrogen (secondary N) is 1. The summed E-state index contributed by atoms with van der Waals surface area (Å²) in [5.74, 6) is 2.38. The maximum Gasteiger partial charge on any atom is 0.139 e. The van der Waals surface area contributed by atoms with E-state index in [-0.39, 0.29) is 0 Å². The number of benzene rings is 4. The van der Waals surface area contributed by atoms with E-state index in [0.717, 1.165) is 43.0 Å². The molecule has 0 atom stereocenters. The first-order valence-electron chi connectivity index (χ1n) is 9.99. The highest BCUT2D eigenvalue weighted by Gasteiger charge is 2.12. The second-order valence-corrected chi connectivity index (χ2v) is 9.23. The number of halogens is 3. The average molecular weight is 574 g/mol. The highest BCUT2D eigenvalue weighted by atomic mass is 79.9. The molecule has 0 aliphatic carbocycles. The standard InChI is InChI=1S/C26H20Br2ClNO2/c27-20-14-19(26(24(28)15-20)31-17-18-6-4-5-9-25(18)29)16-30-21-10-12-23(13-11-21)32-22-7-2-1-3-8-22/h1-15,30H,16-17H2. The molecular weight excluding hydrogens is 554 g/mol. The lowest BCUT2D eigenvalue weighted by Gasteiger charge is -2.16. The first-order chi connectivity index (χ1) is 15.6. The topological polar surface area (TPSA) is 30.5 Å². The molecule has 4 rings (SSSR count). The second-order valence-electron chi connectivity index (χ2n) is 7.05. The van der Waals surface area contributed by atoms with Crippen LogP contribution >= 0.6 is 43.5 Å². The van der Waals surface area contributed by atoms with Gasteiger partial charge in [-0.05, 0) is 70.5 Å². The highest BCUT2D eigenvalue weighted by molar-refractivity contribution is 9.11. The van der Waals surface area contributed by atoms with Gasteiger partial charge in [-0.1, -0.05) is 63.9 Å². The number of ether oxygens (including phenoxy) is 2. The molecule has 1 N–H and O–H groups in total. The first-order valence-corrected chi connectivity index (χ1v) is 12.0. The summed E-state index contributed by atoms with van der Waals surface area (Å²) in [6, 6.07) is 29.3. The third kappa shape index (κ3) is 6.06. The number of hydrogen-bond acceptors (Lipinski definition) is 3. The zero-order valence-electron chi connectivity index (χ0n) is 17.0. The molecule has 0 saturated heterocycles. The van der Waals surface area contributed by atoms with Gasteiger partial charge in [-0.2, -0.15) is 0 Å². The van der Waals surface area contributed by atoms with Crippen LogP contribution in [-0.4, -0.2) is 0 Å². The van der Waals surface area contributed by atoms with Crippen molar-refractivity contribution >= 4 is 49.1 Å². The summed E-state index contributed by atoms with van der Waals surface area (Å²) in [6.45, 7) is 0.979. The molecule has 6 heteroatoms. The minimum Gasteiger partial charge on any atom is -0.487 e. The fraction of sp³-hybridized carbons (Fsp3) is 0.0769. The molecule has 3 nitrogen and oxygen atoms in total. The summed E-state index contributed by atoms with van der Waals surface area (Å²) in [5, 5.41) is 4.15. The van der Waals surface area contributed by atoms with Crippen LogP contribution in [0.4, 0.5) is 5.69 Å². The summed E-state index contributed by atoms with van der Waals surface area (Å²) >= 11 is 13.5. The molecule has 4 aromatic rings. The van der Waals surface area contributed by atoms with Gasteiger partial charge in [0.15, 0.2) is 0 Å². The average Bonchev–Trinajstić information content (AvgIpc) is 2.79. The zero-order valence-corrected chi connectivity index (χ0v) is 21.0. The molecule has 0 fully saturated rings. The highest BCUT2D eigenvalue weighted by Crippen LogP contribution is 2.34. The molecule has 0 aliphatic heterocycles. The Kier molecular flexibility index (Phi) is 7.74. The minimum absolute atomic E-state index is 0.387. The van der Waals surface area contributed by atoms with E-state index < -0.39 is 0 Å². The van der Waals surface area contributed by atoms with Crippen molar-refractivity contribution in [3.63, 3.8) is 0 Å². The Morgan fingerprint density at radius 3 is 2.19 bits per heavy atom. The van der Waals surface area contributed by atoms with Gasteiger partial charge in [0.2, 0.25) is 0 Å².